The molecule has 2 aromatic rings. The maximum absolute atomic E-state index is 12.2. The minimum Gasteiger partial charge on any atom is -0.385 e. The Bertz CT molecular complexity index is 624. The van der Waals surface area contributed by atoms with Crippen LogP contribution in [0, 0.1) is 13.8 Å². The van der Waals surface area contributed by atoms with Crippen LogP contribution >= 0.6 is 0 Å². The summed E-state index contributed by atoms with van der Waals surface area (Å²) in [6.45, 7) is 6.80. The molecular weight excluding hydrogens is 270 g/mol. The molecule has 21 heavy (non-hydrogen) atoms. The van der Waals surface area contributed by atoms with Gasteiger partial charge in [-0.15, -0.1) is 0 Å². The maximum atomic E-state index is 12.2. The number of rotatable bonds is 6. The molecule has 0 bridgehead atoms. The highest BCUT2D eigenvalue weighted by atomic mass is 16.5. The number of aromatic nitrogens is 3. The van der Waals surface area contributed by atoms with Crippen molar-refractivity contribution in [3.63, 3.8) is 0 Å². The molecule has 2 N–H and O–H groups in total. The normalized spacial score (nSPS) is 10.4. The molecule has 0 saturated heterocycles. The molecule has 112 valence electrons. The van der Waals surface area contributed by atoms with Crippen molar-refractivity contribution < 1.29 is 9.32 Å². The molecule has 0 aliphatic carbocycles. The third-order valence-corrected chi connectivity index (χ3v) is 2.85. The first-order chi connectivity index (χ1) is 10.1. The van der Waals surface area contributed by atoms with Gasteiger partial charge in [0.25, 0.3) is 5.91 Å². The van der Waals surface area contributed by atoms with E-state index in [-0.39, 0.29) is 5.91 Å². The van der Waals surface area contributed by atoms with Gasteiger partial charge in [-0.25, -0.2) is 0 Å². The minimum atomic E-state index is -0.172. The summed E-state index contributed by atoms with van der Waals surface area (Å²) in [7, 11) is 0. The Morgan fingerprint density at radius 3 is 2.86 bits per heavy atom. The fourth-order valence-electron chi connectivity index (χ4n) is 1.90. The number of hydrogen-bond donors (Lipinski definition) is 2. The second-order valence-electron chi connectivity index (χ2n) is 4.64. The summed E-state index contributed by atoms with van der Waals surface area (Å²) in [5, 5.41) is 9.70. The Labute approximate surface area is 123 Å². The van der Waals surface area contributed by atoms with Gasteiger partial charge in [-0.3, -0.25) is 9.78 Å². The Morgan fingerprint density at radius 1 is 1.38 bits per heavy atom. The molecule has 2 heterocycles. The van der Waals surface area contributed by atoms with Crippen LogP contribution in [-0.2, 0) is 6.42 Å². The quantitative estimate of drug-likeness (QED) is 0.837. The van der Waals surface area contributed by atoms with E-state index < -0.39 is 0 Å². The monoisotopic (exact) mass is 289 g/mol. The lowest BCUT2D eigenvalue weighted by Crippen LogP contribution is -2.27. The van der Waals surface area contributed by atoms with Crippen LogP contribution in [0.1, 0.15) is 34.7 Å². The first kappa shape index (κ1) is 15.0. The van der Waals surface area contributed by atoms with Crippen molar-refractivity contribution in [2.24, 2.45) is 0 Å². The van der Waals surface area contributed by atoms with Crippen LogP contribution in [0.4, 0.5) is 5.69 Å². The first-order valence-corrected chi connectivity index (χ1v) is 6.88. The average Bonchev–Trinajstić information content (AvgIpc) is 2.85. The van der Waals surface area contributed by atoms with Crippen LogP contribution in [0.15, 0.2) is 16.8 Å². The Morgan fingerprint density at radius 2 is 2.19 bits per heavy atom. The fraction of sp³-hybridized carbons (Fsp3) is 0.429. The van der Waals surface area contributed by atoms with Crippen molar-refractivity contribution in [2.75, 3.05) is 18.4 Å². The second-order valence-corrected chi connectivity index (χ2v) is 4.64. The third kappa shape index (κ3) is 4.01. The standard InChI is InChI=1S/C14H19N5O2/c1-4-15-12-7-9(2)17-8-11(12)14(20)16-6-5-13-18-10(3)19-21-13/h7-8H,4-6H2,1-3H3,(H,15,17)(H,16,20). The minimum absolute atomic E-state index is 0.172. The molecule has 2 aromatic heterocycles. The van der Waals surface area contributed by atoms with E-state index in [2.05, 4.69) is 25.8 Å². The van der Waals surface area contributed by atoms with E-state index in [4.69, 9.17) is 4.52 Å². The number of carbonyl (C=O) groups excluding carboxylic acids is 1. The van der Waals surface area contributed by atoms with Crippen LogP contribution in [0.3, 0.4) is 0 Å². The van der Waals surface area contributed by atoms with Crippen molar-refractivity contribution in [3.05, 3.63) is 35.2 Å². The molecule has 0 saturated carbocycles. The Balaban J connectivity index is 1.96. The van der Waals surface area contributed by atoms with Crippen LogP contribution in [0.25, 0.3) is 0 Å². The maximum Gasteiger partial charge on any atom is 0.254 e. The van der Waals surface area contributed by atoms with Crippen molar-refractivity contribution in [1.29, 1.82) is 0 Å². The van der Waals surface area contributed by atoms with Gasteiger partial charge in [0.2, 0.25) is 5.89 Å². The number of hydrogen-bond acceptors (Lipinski definition) is 6. The first-order valence-electron chi connectivity index (χ1n) is 6.88. The summed E-state index contributed by atoms with van der Waals surface area (Å²) >= 11 is 0. The molecule has 0 atom stereocenters. The van der Waals surface area contributed by atoms with Gasteiger partial charge in [0.1, 0.15) is 0 Å². The molecule has 0 radical (unpaired) electrons. The summed E-state index contributed by atoms with van der Waals surface area (Å²) in [6.07, 6.45) is 2.09. The van der Waals surface area contributed by atoms with Crippen LogP contribution in [0.2, 0.25) is 0 Å². The number of carbonyl (C=O) groups is 1. The molecule has 2 rings (SSSR count). The lowest BCUT2D eigenvalue weighted by molar-refractivity contribution is 0.0954. The third-order valence-electron chi connectivity index (χ3n) is 2.85. The number of pyridine rings is 1. The van der Waals surface area contributed by atoms with Gasteiger partial charge in [0.15, 0.2) is 5.82 Å². The molecule has 1 amide bonds. The second kappa shape index (κ2) is 6.83. The van der Waals surface area contributed by atoms with E-state index in [0.29, 0.717) is 30.2 Å². The molecule has 0 aliphatic rings. The number of nitrogens with one attached hydrogen (secondary N) is 2. The molecular formula is C14H19N5O2. The summed E-state index contributed by atoms with van der Waals surface area (Å²) in [4.78, 5) is 20.4. The van der Waals surface area contributed by atoms with Crippen molar-refractivity contribution >= 4 is 11.6 Å². The molecule has 7 heteroatoms. The molecule has 0 aromatic carbocycles. The van der Waals surface area contributed by atoms with Crippen molar-refractivity contribution in [3.8, 4) is 0 Å². The van der Waals surface area contributed by atoms with Crippen molar-refractivity contribution in [2.45, 2.75) is 27.2 Å². The van der Waals surface area contributed by atoms with Gasteiger partial charge in [0.05, 0.1) is 11.3 Å². The van der Waals surface area contributed by atoms with E-state index in [9.17, 15) is 4.79 Å². The van der Waals surface area contributed by atoms with Gasteiger partial charge in [0, 0.05) is 31.4 Å². The highest BCUT2D eigenvalue weighted by Crippen LogP contribution is 2.15. The van der Waals surface area contributed by atoms with Crippen LogP contribution < -0.4 is 10.6 Å². The van der Waals surface area contributed by atoms with Gasteiger partial charge in [-0.1, -0.05) is 5.16 Å². The Kier molecular flexibility index (Phi) is 4.86. The summed E-state index contributed by atoms with van der Waals surface area (Å²) in [5.41, 5.74) is 2.18. The summed E-state index contributed by atoms with van der Waals surface area (Å²) in [6, 6.07) is 1.86. The highest BCUT2D eigenvalue weighted by molar-refractivity contribution is 5.99. The van der Waals surface area contributed by atoms with Gasteiger partial charge in [-0.2, -0.15) is 4.98 Å². The van der Waals surface area contributed by atoms with Gasteiger partial charge >= 0.3 is 0 Å². The Hall–Kier alpha value is -2.44. The van der Waals surface area contributed by atoms with Crippen LogP contribution in [-0.4, -0.2) is 34.1 Å². The topological polar surface area (TPSA) is 92.9 Å². The number of amides is 1. The molecule has 0 fully saturated rings. The smallest absolute Gasteiger partial charge is 0.254 e. The summed E-state index contributed by atoms with van der Waals surface area (Å²) < 4.78 is 4.99. The number of nitrogens with zero attached hydrogens (tertiary/aromatic N) is 3. The van der Waals surface area contributed by atoms with E-state index >= 15 is 0 Å². The molecule has 0 spiro atoms. The zero-order chi connectivity index (χ0) is 15.2. The van der Waals surface area contributed by atoms with E-state index in [1.165, 1.54) is 0 Å². The van der Waals surface area contributed by atoms with Crippen molar-refractivity contribution in [1.82, 2.24) is 20.4 Å². The van der Waals surface area contributed by atoms with E-state index in [1.807, 2.05) is 19.9 Å². The van der Waals surface area contributed by atoms with Gasteiger partial charge in [-0.05, 0) is 26.8 Å². The zero-order valence-electron chi connectivity index (χ0n) is 12.4. The molecule has 0 unspecified atom stereocenters. The lowest BCUT2D eigenvalue weighted by atomic mass is 10.2. The fourth-order valence-corrected chi connectivity index (χ4v) is 1.90. The average molecular weight is 289 g/mol. The number of aryl methyl sites for hydroxylation is 2. The highest BCUT2D eigenvalue weighted by Gasteiger charge is 2.12. The number of anilines is 1. The predicted molar refractivity (Wildman–Crippen MR) is 78.2 cm³/mol. The van der Waals surface area contributed by atoms with Gasteiger partial charge < -0.3 is 15.2 Å². The molecule has 0 aliphatic heterocycles. The summed E-state index contributed by atoms with van der Waals surface area (Å²) in [5.74, 6) is 0.935. The lowest BCUT2D eigenvalue weighted by Gasteiger charge is -2.11. The van der Waals surface area contributed by atoms with E-state index in [1.54, 1.807) is 13.1 Å². The predicted octanol–water partition coefficient (Wildman–Crippen LogP) is 1.49. The largest absolute Gasteiger partial charge is 0.385 e. The molecule has 7 nitrogen and oxygen atoms in total. The van der Waals surface area contributed by atoms with Crippen LogP contribution in [0.5, 0.6) is 0 Å². The zero-order valence-corrected chi connectivity index (χ0v) is 12.4. The SMILES string of the molecule is CCNc1cc(C)ncc1C(=O)NCCc1nc(C)no1. The van der Waals surface area contributed by atoms with E-state index in [0.717, 1.165) is 17.9 Å².